The van der Waals surface area contributed by atoms with Crippen LogP contribution >= 0.6 is 0 Å². The van der Waals surface area contributed by atoms with Gasteiger partial charge in [0, 0.05) is 12.1 Å². The SMILES string of the molecule is CCN(CC)CC=C(C)C(N)=O. The van der Waals surface area contributed by atoms with E-state index < -0.39 is 0 Å². The number of rotatable bonds is 5. The molecule has 3 nitrogen and oxygen atoms in total. The number of carbonyl (C=O) groups excluding carboxylic acids is 1. The van der Waals surface area contributed by atoms with Crippen molar-refractivity contribution in [2.75, 3.05) is 19.6 Å². The summed E-state index contributed by atoms with van der Waals surface area (Å²) < 4.78 is 0. The van der Waals surface area contributed by atoms with Crippen molar-refractivity contribution in [1.82, 2.24) is 4.90 Å². The first-order valence-electron chi connectivity index (χ1n) is 4.30. The van der Waals surface area contributed by atoms with Crippen LogP contribution in [0.2, 0.25) is 0 Å². The minimum absolute atomic E-state index is 0.331. The Hall–Kier alpha value is -0.830. The van der Waals surface area contributed by atoms with E-state index in [4.69, 9.17) is 5.73 Å². The average molecular weight is 170 g/mol. The molecule has 0 unspecified atom stereocenters. The average Bonchev–Trinajstić information content (AvgIpc) is 2.05. The van der Waals surface area contributed by atoms with Crippen molar-refractivity contribution in [1.29, 1.82) is 0 Å². The molecule has 0 heterocycles. The van der Waals surface area contributed by atoms with Gasteiger partial charge in [-0.05, 0) is 20.0 Å². The number of primary amides is 1. The summed E-state index contributed by atoms with van der Waals surface area (Å²) in [6, 6.07) is 0. The van der Waals surface area contributed by atoms with Gasteiger partial charge in [0.25, 0.3) is 0 Å². The van der Waals surface area contributed by atoms with Gasteiger partial charge in [-0.15, -0.1) is 0 Å². The molecule has 0 bridgehead atoms. The number of likely N-dealkylation sites (N-methyl/N-ethyl adjacent to an activating group) is 1. The van der Waals surface area contributed by atoms with Gasteiger partial charge in [0.15, 0.2) is 0 Å². The molecule has 1 amide bonds. The highest BCUT2D eigenvalue weighted by Crippen LogP contribution is 1.93. The Bertz CT molecular complexity index is 171. The summed E-state index contributed by atoms with van der Waals surface area (Å²) in [5, 5.41) is 0. The molecule has 70 valence electrons. The van der Waals surface area contributed by atoms with Crippen LogP contribution in [0.15, 0.2) is 11.6 Å². The monoisotopic (exact) mass is 170 g/mol. The van der Waals surface area contributed by atoms with Crippen molar-refractivity contribution in [2.24, 2.45) is 5.73 Å². The Morgan fingerprint density at radius 3 is 2.25 bits per heavy atom. The zero-order valence-corrected chi connectivity index (χ0v) is 8.13. The smallest absolute Gasteiger partial charge is 0.244 e. The standard InChI is InChI=1S/C9H18N2O/c1-4-11(5-2)7-6-8(3)9(10)12/h6H,4-5,7H2,1-3H3,(H2,10,12). The Labute approximate surface area is 74.2 Å². The van der Waals surface area contributed by atoms with Crippen molar-refractivity contribution >= 4 is 5.91 Å². The largest absolute Gasteiger partial charge is 0.366 e. The molecule has 0 atom stereocenters. The van der Waals surface area contributed by atoms with Crippen LogP contribution in [0.4, 0.5) is 0 Å². The van der Waals surface area contributed by atoms with Crippen molar-refractivity contribution in [3.63, 3.8) is 0 Å². The van der Waals surface area contributed by atoms with E-state index in [0.29, 0.717) is 5.57 Å². The second-order valence-corrected chi connectivity index (χ2v) is 2.74. The molecule has 12 heavy (non-hydrogen) atoms. The molecule has 2 N–H and O–H groups in total. The summed E-state index contributed by atoms with van der Waals surface area (Å²) in [6.07, 6.45) is 1.87. The van der Waals surface area contributed by atoms with E-state index in [0.717, 1.165) is 19.6 Å². The van der Waals surface area contributed by atoms with Gasteiger partial charge in [0.1, 0.15) is 0 Å². The number of carbonyl (C=O) groups is 1. The van der Waals surface area contributed by atoms with Crippen LogP contribution in [0, 0.1) is 0 Å². The van der Waals surface area contributed by atoms with Crippen molar-refractivity contribution < 1.29 is 4.79 Å². The molecule has 0 saturated heterocycles. The molecule has 0 aromatic rings. The second-order valence-electron chi connectivity index (χ2n) is 2.74. The van der Waals surface area contributed by atoms with Crippen LogP contribution < -0.4 is 5.73 Å². The first kappa shape index (κ1) is 11.2. The van der Waals surface area contributed by atoms with E-state index in [9.17, 15) is 4.79 Å². The maximum Gasteiger partial charge on any atom is 0.244 e. The number of nitrogens with zero attached hydrogens (tertiary/aromatic N) is 1. The highest BCUT2D eigenvalue weighted by molar-refractivity contribution is 5.91. The predicted octanol–water partition coefficient (Wildman–Crippen LogP) is 0.760. The van der Waals surface area contributed by atoms with Gasteiger partial charge in [-0.2, -0.15) is 0 Å². The van der Waals surface area contributed by atoms with Gasteiger partial charge in [0.2, 0.25) is 5.91 Å². The number of hydrogen-bond acceptors (Lipinski definition) is 2. The maximum absolute atomic E-state index is 10.6. The van der Waals surface area contributed by atoms with Gasteiger partial charge in [-0.25, -0.2) is 0 Å². The molecule has 0 aliphatic carbocycles. The summed E-state index contributed by atoms with van der Waals surface area (Å²) in [4.78, 5) is 12.8. The molecule has 3 heteroatoms. The Balaban J connectivity index is 3.93. The third-order valence-corrected chi connectivity index (χ3v) is 1.94. The molecule has 0 aliphatic heterocycles. The van der Waals surface area contributed by atoms with Gasteiger partial charge in [0.05, 0.1) is 0 Å². The summed E-state index contributed by atoms with van der Waals surface area (Å²) in [5.41, 5.74) is 5.72. The minimum Gasteiger partial charge on any atom is -0.366 e. The first-order valence-corrected chi connectivity index (χ1v) is 4.30. The normalized spacial score (nSPS) is 12.2. The van der Waals surface area contributed by atoms with Gasteiger partial charge in [-0.3, -0.25) is 4.79 Å². The number of nitrogens with two attached hydrogens (primary N) is 1. The predicted molar refractivity (Wildman–Crippen MR) is 50.7 cm³/mol. The molecule has 0 fully saturated rings. The van der Waals surface area contributed by atoms with E-state index in [1.54, 1.807) is 6.92 Å². The molecule has 0 radical (unpaired) electrons. The van der Waals surface area contributed by atoms with Crippen molar-refractivity contribution in [3.05, 3.63) is 11.6 Å². The second kappa shape index (κ2) is 5.77. The quantitative estimate of drug-likeness (QED) is 0.619. The highest BCUT2D eigenvalue weighted by Gasteiger charge is 1.98. The molecule has 0 spiro atoms. The molecule has 0 rings (SSSR count). The van der Waals surface area contributed by atoms with Crippen LogP contribution in [0.25, 0.3) is 0 Å². The van der Waals surface area contributed by atoms with E-state index in [1.807, 2.05) is 6.08 Å². The van der Waals surface area contributed by atoms with Crippen molar-refractivity contribution in [2.45, 2.75) is 20.8 Å². The maximum atomic E-state index is 10.6. The van der Waals surface area contributed by atoms with E-state index in [1.165, 1.54) is 0 Å². The zero-order chi connectivity index (χ0) is 9.56. The van der Waals surface area contributed by atoms with Crippen LogP contribution in [0.1, 0.15) is 20.8 Å². The van der Waals surface area contributed by atoms with Crippen LogP contribution in [-0.4, -0.2) is 30.4 Å². The number of hydrogen-bond donors (Lipinski definition) is 1. The van der Waals surface area contributed by atoms with Gasteiger partial charge >= 0.3 is 0 Å². The third-order valence-electron chi connectivity index (χ3n) is 1.94. The summed E-state index contributed by atoms with van der Waals surface area (Å²) >= 11 is 0. The molecule has 0 saturated carbocycles. The summed E-state index contributed by atoms with van der Waals surface area (Å²) in [6.45, 7) is 8.74. The van der Waals surface area contributed by atoms with Gasteiger partial charge in [-0.1, -0.05) is 19.9 Å². The van der Waals surface area contributed by atoms with Crippen LogP contribution in [-0.2, 0) is 4.79 Å². The number of amides is 1. The lowest BCUT2D eigenvalue weighted by Crippen LogP contribution is -2.23. The fourth-order valence-electron chi connectivity index (χ4n) is 0.848. The topological polar surface area (TPSA) is 46.3 Å². The zero-order valence-electron chi connectivity index (χ0n) is 8.13. The lowest BCUT2D eigenvalue weighted by atomic mass is 10.2. The fraction of sp³-hybridized carbons (Fsp3) is 0.667. The van der Waals surface area contributed by atoms with E-state index >= 15 is 0 Å². The third kappa shape index (κ3) is 4.13. The Kier molecular flexibility index (Phi) is 5.37. The highest BCUT2D eigenvalue weighted by atomic mass is 16.1. The Morgan fingerprint density at radius 1 is 1.42 bits per heavy atom. The molecule has 0 aromatic heterocycles. The molecular formula is C9H18N2O. The minimum atomic E-state index is -0.331. The first-order chi connectivity index (χ1) is 5.61. The summed E-state index contributed by atoms with van der Waals surface area (Å²) in [7, 11) is 0. The van der Waals surface area contributed by atoms with Gasteiger partial charge < -0.3 is 10.6 Å². The molecular weight excluding hydrogens is 152 g/mol. The van der Waals surface area contributed by atoms with E-state index in [2.05, 4.69) is 18.7 Å². The Morgan fingerprint density at radius 2 is 1.92 bits per heavy atom. The van der Waals surface area contributed by atoms with Crippen LogP contribution in [0.3, 0.4) is 0 Å². The lowest BCUT2D eigenvalue weighted by Gasteiger charge is -2.15. The van der Waals surface area contributed by atoms with Crippen LogP contribution in [0.5, 0.6) is 0 Å². The lowest BCUT2D eigenvalue weighted by molar-refractivity contribution is -0.114. The fourth-order valence-corrected chi connectivity index (χ4v) is 0.848. The molecule has 0 aliphatic rings. The van der Waals surface area contributed by atoms with Crippen molar-refractivity contribution in [3.8, 4) is 0 Å². The summed E-state index contributed by atoms with van der Waals surface area (Å²) in [5.74, 6) is -0.331. The molecule has 0 aromatic carbocycles. The van der Waals surface area contributed by atoms with E-state index in [-0.39, 0.29) is 5.91 Å².